The zero-order chi connectivity index (χ0) is 15.0. The molecular formula is C11H16N2O5S2. The Hall–Kier alpha value is -1.19. The second kappa shape index (κ2) is 5.30. The second-order valence-electron chi connectivity index (χ2n) is 5.14. The lowest BCUT2D eigenvalue weighted by Crippen LogP contribution is -2.16. The van der Waals surface area contributed by atoms with Crippen molar-refractivity contribution < 1.29 is 18.4 Å². The van der Waals surface area contributed by atoms with E-state index in [1.165, 1.54) is 0 Å². The maximum absolute atomic E-state index is 11.5. The summed E-state index contributed by atoms with van der Waals surface area (Å²) in [4.78, 5) is 10.4. The molecule has 20 heavy (non-hydrogen) atoms. The van der Waals surface area contributed by atoms with Crippen LogP contribution in [-0.4, -0.2) is 37.9 Å². The van der Waals surface area contributed by atoms with Gasteiger partial charge < -0.3 is 10.4 Å². The highest BCUT2D eigenvalue weighted by atomic mass is 32.2. The van der Waals surface area contributed by atoms with Crippen LogP contribution in [0.25, 0.3) is 0 Å². The molecule has 1 heterocycles. The lowest BCUT2D eigenvalue weighted by Gasteiger charge is -2.13. The van der Waals surface area contributed by atoms with E-state index in [9.17, 15) is 18.5 Å². The van der Waals surface area contributed by atoms with Gasteiger partial charge in [-0.05, 0) is 24.7 Å². The van der Waals surface area contributed by atoms with Crippen molar-refractivity contribution in [2.24, 2.45) is 5.41 Å². The first kappa shape index (κ1) is 15.2. The molecule has 2 N–H and O–H groups in total. The topological polar surface area (TPSA) is 110 Å². The molecule has 0 radical (unpaired) electrons. The molecule has 7 nitrogen and oxygen atoms in total. The van der Waals surface area contributed by atoms with Gasteiger partial charge in [-0.1, -0.05) is 11.3 Å². The van der Waals surface area contributed by atoms with Crippen molar-refractivity contribution in [1.82, 2.24) is 0 Å². The number of hydrogen-bond donors (Lipinski definition) is 2. The SMILES string of the molecule is CS(=O)(=O)c1cc([N+](=O)[O-])c(NCC2(CCO)CC2)s1. The quantitative estimate of drug-likeness (QED) is 0.584. The van der Waals surface area contributed by atoms with Crippen molar-refractivity contribution >= 4 is 31.9 Å². The van der Waals surface area contributed by atoms with Crippen LogP contribution in [-0.2, 0) is 9.84 Å². The van der Waals surface area contributed by atoms with Gasteiger partial charge >= 0.3 is 5.69 Å². The Bertz CT molecular complexity index is 619. The zero-order valence-electron chi connectivity index (χ0n) is 11.0. The Morgan fingerprint density at radius 1 is 1.55 bits per heavy atom. The van der Waals surface area contributed by atoms with Crippen LogP contribution in [0, 0.1) is 15.5 Å². The molecule has 0 amide bonds. The van der Waals surface area contributed by atoms with Crippen molar-refractivity contribution in [2.45, 2.75) is 23.5 Å². The Balaban J connectivity index is 2.18. The van der Waals surface area contributed by atoms with E-state index in [0.29, 0.717) is 13.0 Å². The second-order valence-corrected chi connectivity index (χ2v) is 8.43. The maximum Gasteiger partial charge on any atom is 0.304 e. The monoisotopic (exact) mass is 320 g/mol. The molecule has 112 valence electrons. The number of thiophene rings is 1. The van der Waals surface area contributed by atoms with Crippen molar-refractivity contribution in [3.05, 3.63) is 16.2 Å². The smallest absolute Gasteiger partial charge is 0.304 e. The van der Waals surface area contributed by atoms with Crippen LogP contribution in [0.1, 0.15) is 19.3 Å². The van der Waals surface area contributed by atoms with E-state index in [1.807, 2.05) is 0 Å². The number of aliphatic hydroxyl groups excluding tert-OH is 1. The fraction of sp³-hybridized carbons (Fsp3) is 0.636. The van der Waals surface area contributed by atoms with Crippen LogP contribution in [0.15, 0.2) is 10.3 Å². The van der Waals surface area contributed by atoms with E-state index in [0.717, 1.165) is 36.5 Å². The number of anilines is 1. The summed E-state index contributed by atoms with van der Waals surface area (Å²) in [5, 5.41) is 23.2. The van der Waals surface area contributed by atoms with E-state index in [1.54, 1.807) is 0 Å². The predicted octanol–water partition coefficient (Wildman–Crippen LogP) is 1.63. The van der Waals surface area contributed by atoms with Gasteiger partial charge in [0.2, 0.25) is 0 Å². The first-order valence-corrected chi connectivity index (χ1v) is 8.81. The largest absolute Gasteiger partial charge is 0.396 e. The fourth-order valence-corrected chi connectivity index (χ4v) is 3.94. The van der Waals surface area contributed by atoms with E-state index in [4.69, 9.17) is 5.11 Å². The molecule has 0 atom stereocenters. The lowest BCUT2D eigenvalue weighted by atomic mass is 10.0. The number of rotatable bonds is 7. The molecule has 0 saturated heterocycles. The molecule has 1 aromatic rings. The number of hydrogen-bond acceptors (Lipinski definition) is 7. The van der Waals surface area contributed by atoms with Crippen LogP contribution in [0.2, 0.25) is 0 Å². The molecule has 0 aliphatic heterocycles. The third-order valence-corrected chi connectivity index (χ3v) is 6.36. The molecule has 1 aromatic heterocycles. The molecule has 1 saturated carbocycles. The number of nitrogens with one attached hydrogen (secondary N) is 1. The van der Waals surface area contributed by atoms with Crippen LogP contribution in [0.3, 0.4) is 0 Å². The summed E-state index contributed by atoms with van der Waals surface area (Å²) in [6, 6.07) is 1.09. The third-order valence-electron chi connectivity index (χ3n) is 3.48. The highest BCUT2D eigenvalue weighted by Crippen LogP contribution is 2.49. The Morgan fingerprint density at radius 3 is 2.65 bits per heavy atom. The molecule has 1 aliphatic carbocycles. The van der Waals surface area contributed by atoms with Crippen LogP contribution in [0.4, 0.5) is 10.7 Å². The fourth-order valence-electron chi connectivity index (χ4n) is 2.00. The first-order valence-electron chi connectivity index (χ1n) is 6.10. The molecule has 1 fully saturated rings. The highest BCUT2D eigenvalue weighted by molar-refractivity contribution is 7.92. The number of nitrogens with zero attached hydrogens (tertiary/aromatic N) is 1. The van der Waals surface area contributed by atoms with E-state index in [2.05, 4.69) is 5.32 Å². The normalized spacial score (nSPS) is 16.9. The molecule has 0 aromatic carbocycles. The van der Waals surface area contributed by atoms with Crippen molar-refractivity contribution in [2.75, 3.05) is 24.7 Å². The van der Waals surface area contributed by atoms with E-state index in [-0.39, 0.29) is 26.9 Å². The summed E-state index contributed by atoms with van der Waals surface area (Å²) < 4.78 is 22.9. The standard InChI is InChI=1S/C11H16N2O5S2/c1-20(17,18)9-6-8(13(15)16)10(19-9)12-7-11(2-3-11)4-5-14/h6,12,14H,2-5,7H2,1H3. The Kier molecular flexibility index (Phi) is 4.03. The average Bonchev–Trinajstić information content (AvgIpc) is 2.94. The predicted molar refractivity (Wildman–Crippen MR) is 75.9 cm³/mol. The van der Waals surface area contributed by atoms with Gasteiger partial charge in [0.15, 0.2) is 14.8 Å². The molecule has 2 rings (SSSR count). The Labute approximate surface area is 120 Å². The van der Waals surface area contributed by atoms with Gasteiger partial charge in [-0.25, -0.2) is 8.42 Å². The highest BCUT2D eigenvalue weighted by Gasteiger charge is 2.42. The minimum absolute atomic E-state index is 0.00212. The van der Waals surface area contributed by atoms with Crippen LogP contribution >= 0.6 is 11.3 Å². The summed E-state index contributed by atoms with van der Waals surface area (Å²) in [6.07, 6.45) is 3.62. The minimum atomic E-state index is -3.45. The molecule has 0 bridgehead atoms. The molecule has 1 aliphatic rings. The molecule has 9 heteroatoms. The van der Waals surface area contributed by atoms with E-state index < -0.39 is 14.8 Å². The van der Waals surface area contributed by atoms with Gasteiger partial charge in [-0.2, -0.15) is 0 Å². The molecule has 0 spiro atoms. The summed E-state index contributed by atoms with van der Waals surface area (Å²) in [7, 11) is -3.45. The summed E-state index contributed by atoms with van der Waals surface area (Å²) in [6.45, 7) is 0.598. The van der Waals surface area contributed by atoms with Crippen molar-refractivity contribution in [3.63, 3.8) is 0 Å². The summed E-state index contributed by atoms with van der Waals surface area (Å²) in [5.74, 6) is 0. The summed E-state index contributed by atoms with van der Waals surface area (Å²) >= 11 is 0.878. The van der Waals surface area contributed by atoms with Gasteiger partial charge in [-0.3, -0.25) is 10.1 Å². The minimum Gasteiger partial charge on any atom is -0.396 e. The van der Waals surface area contributed by atoms with Gasteiger partial charge in [-0.15, -0.1) is 0 Å². The first-order chi connectivity index (χ1) is 9.27. The number of sulfone groups is 1. The molecule has 0 unspecified atom stereocenters. The number of nitro groups is 1. The van der Waals surface area contributed by atoms with Crippen LogP contribution in [0.5, 0.6) is 0 Å². The Morgan fingerprint density at radius 2 is 2.20 bits per heavy atom. The van der Waals surface area contributed by atoms with Crippen molar-refractivity contribution in [3.8, 4) is 0 Å². The van der Waals surface area contributed by atoms with Gasteiger partial charge in [0, 0.05) is 25.5 Å². The van der Waals surface area contributed by atoms with E-state index >= 15 is 0 Å². The van der Waals surface area contributed by atoms with Gasteiger partial charge in [0.25, 0.3) is 0 Å². The number of aliphatic hydroxyl groups is 1. The average molecular weight is 320 g/mol. The summed E-state index contributed by atoms with van der Waals surface area (Å²) in [5.41, 5.74) is -0.215. The van der Waals surface area contributed by atoms with Crippen LogP contribution < -0.4 is 5.32 Å². The third kappa shape index (κ3) is 3.28. The molecular weight excluding hydrogens is 304 g/mol. The maximum atomic E-state index is 11.5. The lowest BCUT2D eigenvalue weighted by molar-refractivity contribution is -0.383. The van der Waals surface area contributed by atoms with Gasteiger partial charge in [0.1, 0.15) is 4.21 Å². The van der Waals surface area contributed by atoms with Crippen molar-refractivity contribution in [1.29, 1.82) is 0 Å². The zero-order valence-corrected chi connectivity index (χ0v) is 12.6. The van der Waals surface area contributed by atoms with Gasteiger partial charge in [0.05, 0.1) is 4.92 Å².